The van der Waals surface area contributed by atoms with Gasteiger partial charge in [0, 0.05) is 4.32 Å². The van der Waals surface area contributed by atoms with E-state index in [-0.39, 0.29) is 14.7 Å². The van der Waals surface area contributed by atoms with Crippen molar-refractivity contribution in [2.24, 2.45) is 0 Å². The predicted molar refractivity (Wildman–Crippen MR) is 69.0 cm³/mol. The molecule has 0 N–H and O–H groups in total. The molecule has 0 aromatic rings. The Balaban J connectivity index is 4.43. The summed E-state index contributed by atoms with van der Waals surface area (Å²) in [7, 11) is -2.98. The molecule has 0 radical (unpaired) electrons. The molecule has 0 aliphatic heterocycles. The average molecular weight is 348 g/mol. The van der Waals surface area contributed by atoms with Crippen LogP contribution < -0.4 is 0 Å². The van der Waals surface area contributed by atoms with Gasteiger partial charge in [-0.05, 0) is 27.2 Å². The topological polar surface area (TPSA) is 34.1 Å². The van der Waals surface area contributed by atoms with Crippen molar-refractivity contribution >= 4 is 41.7 Å². The van der Waals surface area contributed by atoms with Gasteiger partial charge in [0.15, 0.2) is 9.84 Å². The Morgan fingerprint density at radius 1 is 1.43 bits per heavy atom. The molecule has 84 valence electrons. The van der Waals surface area contributed by atoms with Crippen molar-refractivity contribution in [1.29, 1.82) is 0 Å². The first-order chi connectivity index (χ1) is 6.18. The van der Waals surface area contributed by atoms with E-state index in [2.05, 4.69) is 31.9 Å². The SMILES string of the molecule is CC(C)=CCC(C)(Br)CS(=O)(=O)CBr. The maximum atomic E-state index is 11.4. The summed E-state index contributed by atoms with van der Waals surface area (Å²) in [6.45, 7) is 5.90. The number of hydrogen-bond donors (Lipinski definition) is 0. The van der Waals surface area contributed by atoms with Crippen molar-refractivity contribution in [2.45, 2.75) is 31.5 Å². The fraction of sp³-hybridized carbons (Fsp3) is 0.778. The summed E-state index contributed by atoms with van der Waals surface area (Å²) in [5.41, 5.74) is 1.20. The minimum absolute atomic E-state index is 0.0238. The second-order valence-electron chi connectivity index (χ2n) is 3.90. The Labute approximate surface area is 103 Å². The van der Waals surface area contributed by atoms with E-state index in [4.69, 9.17) is 0 Å². The number of allylic oxidation sites excluding steroid dienone is 2. The number of rotatable bonds is 5. The van der Waals surface area contributed by atoms with Gasteiger partial charge in [-0.1, -0.05) is 43.5 Å². The zero-order valence-corrected chi connectivity index (χ0v) is 12.7. The van der Waals surface area contributed by atoms with Gasteiger partial charge in [0.2, 0.25) is 0 Å². The normalized spacial score (nSPS) is 16.1. The lowest BCUT2D eigenvalue weighted by Gasteiger charge is -2.20. The molecule has 0 saturated heterocycles. The molecule has 2 nitrogen and oxygen atoms in total. The predicted octanol–water partition coefficient (Wildman–Crippen LogP) is 3.26. The highest BCUT2D eigenvalue weighted by atomic mass is 79.9. The fourth-order valence-corrected chi connectivity index (χ4v) is 3.78. The summed E-state index contributed by atoms with van der Waals surface area (Å²) in [6, 6.07) is 0. The summed E-state index contributed by atoms with van der Waals surface area (Å²) in [5.74, 6) is 0.148. The van der Waals surface area contributed by atoms with Crippen molar-refractivity contribution in [3.8, 4) is 0 Å². The monoisotopic (exact) mass is 346 g/mol. The van der Waals surface area contributed by atoms with Crippen LogP contribution in [-0.2, 0) is 9.84 Å². The van der Waals surface area contributed by atoms with Crippen LogP contribution in [-0.4, -0.2) is 23.2 Å². The van der Waals surface area contributed by atoms with Gasteiger partial charge in [-0.3, -0.25) is 0 Å². The number of alkyl halides is 2. The van der Waals surface area contributed by atoms with E-state index in [1.54, 1.807) is 0 Å². The van der Waals surface area contributed by atoms with Crippen LogP contribution in [0, 0.1) is 0 Å². The van der Waals surface area contributed by atoms with Crippen LogP contribution >= 0.6 is 31.9 Å². The minimum Gasteiger partial charge on any atom is -0.228 e. The van der Waals surface area contributed by atoms with Crippen LogP contribution in [0.15, 0.2) is 11.6 Å². The number of sulfone groups is 1. The number of halogens is 2. The molecular weight excluding hydrogens is 332 g/mol. The summed E-state index contributed by atoms with van der Waals surface area (Å²) in [5, 5.41) is 0. The zero-order chi connectivity index (χ0) is 11.4. The Morgan fingerprint density at radius 3 is 2.29 bits per heavy atom. The van der Waals surface area contributed by atoms with Gasteiger partial charge in [0.1, 0.15) is 4.66 Å². The molecule has 0 bridgehead atoms. The molecule has 0 aliphatic rings. The summed E-state index contributed by atoms with van der Waals surface area (Å²) >= 11 is 6.42. The average Bonchev–Trinajstić information content (AvgIpc) is 1.99. The molecule has 0 aromatic carbocycles. The standard InChI is InChI=1S/C9H16Br2O2S/c1-8(2)4-5-9(3,11)6-14(12,13)7-10/h4H,5-7H2,1-3H3. The maximum absolute atomic E-state index is 11.4. The molecule has 0 rings (SSSR count). The number of hydrogen-bond acceptors (Lipinski definition) is 2. The lowest BCUT2D eigenvalue weighted by atomic mass is 10.1. The smallest absolute Gasteiger partial charge is 0.161 e. The molecule has 0 heterocycles. The molecule has 0 fully saturated rings. The second-order valence-corrected chi connectivity index (χ2v) is 9.18. The van der Waals surface area contributed by atoms with Crippen molar-refractivity contribution in [3.05, 3.63) is 11.6 Å². The lowest BCUT2D eigenvalue weighted by molar-refractivity contribution is 0.590. The first-order valence-corrected chi connectivity index (χ1v) is 8.01. The van der Waals surface area contributed by atoms with E-state index >= 15 is 0 Å². The minimum atomic E-state index is -2.98. The molecule has 1 unspecified atom stereocenters. The maximum Gasteiger partial charge on any atom is 0.161 e. The third-order valence-electron chi connectivity index (χ3n) is 1.62. The van der Waals surface area contributed by atoms with Crippen molar-refractivity contribution in [3.63, 3.8) is 0 Å². The molecular formula is C9H16Br2O2S. The summed E-state index contributed by atoms with van der Waals surface area (Å²) in [6.07, 6.45) is 2.76. The molecule has 1 atom stereocenters. The summed E-state index contributed by atoms with van der Waals surface area (Å²) < 4.78 is 22.4. The highest BCUT2D eigenvalue weighted by Gasteiger charge is 2.26. The molecule has 14 heavy (non-hydrogen) atoms. The third-order valence-corrected chi connectivity index (χ3v) is 6.10. The van der Waals surface area contributed by atoms with Gasteiger partial charge in [0.25, 0.3) is 0 Å². The first kappa shape index (κ1) is 14.6. The molecule has 0 aromatic heterocycles. The van der Waals surface area contributed by atoms with E-state index in [1.807, 2.05) is 26.8 Å². The highest BCUT2D eigenvalue weighted by Crippen LogP contribution is 2.25. The van der Waals surface area contributed by atoms with Gasteiger partial charge in [0.05, 0.1) is 5.75 Å². The molecule has 0 amide bonds. The lowest BCUT2D eigenvalue weighted by Crippen LogP contribution is -2.27. The van der Waals surface area contributed by atoms with E-state index in [0.717, 1.165) is 6.42 Å². The zero-order valence-electron chi connectivity index (χ0n) is 8.68. The highest BCUT2D eigenvalue weighted by molar-refractivity contribution is 9.11. The molecule has 0 saturated carbocycles. The van der Waals surface area contributed by atoms with Crippen LogP contribution in [0.4, 0.5) is 0 Å². The summed E-state index contributed by atoms with van der Waals surface area (Å²) in [4.78, 5) is 0. The molecule has 5 heteroatoms. The Hall–Kier alpha value is 0.650. The van der Waals surface area contributed by atoms with Gasteiger partial charge in [-0.2, -0.15) is 0 Å². The first-order valence-electron chi connectivity index (χ1n) is 4.27. The van der Waals surface area contributed by atoms with Crippen molar-refractivity contribution in [1.82, 2.24) is 0 Å². The van der Waals surface area contributed by atoms with E-state index in [1.165, 1.54) is 5.57 Å². The Kier molecular flexibility index (Phi) is 5.92. The van der Waals surface area contributed by atoms with Gasteiger partial charge in [-0.15, -0.1) is 0 Å². The van der Waals surface area contributed by atoms with Crippen molar-refractivity contribution in [2.75, 3.05) is 10.4 Å². The van der Waals surface area contributed by atoms with Gasteiger partial charge in [-0.25, -0.2) is 8.42 Å². The Bertz CT molecular complexity index is 301. The van der Waals surface area contributed by atoms with Crippen molar-refractivity contribution < 1.29 is 8.42 Å². The fourth-order valence-electron chi connectivity index (χ4n) is 0.973. The molecule has 0 spiro atoms. The van der Waals surface area contributed by atoms with Crippen LogP contribution in [0.3, 0.4) is 0 Å². The van der Waals surface area contributed by atoms with E-state index < -0.39 is 9.84 Å². The third kappa shape index (κ3) is 7.01. The van der Waals surface area contributed by atoms with Crippen LogP contribution in [0.1, 0.15) is 27.2 Å². The van der Waals surface area contributed by atoms with Gasteiger partial charge < -0.3 is 0 Å². The van der Waals surface area contributed by atoms with E-state index in [0.29, 0.717) is 0 Å². The Morgan fingerprint density at radius 2 is 1.93 bits per heavy atom. The quantitative estimate of drug-likeness (QED) is 0.565. The van der Waals surface area contributed by atoms with Gasteiger partial charge >= 0.3 is 0 Å². The molecule has 0 aliphatic carbocycles. The van der Waals surface area contributed by atoms with Crippen LogP contribution in [0.5, 0.6) is 0 Å². The van der Waals surface area contributed by atoms with Crippen LogP contribution in [0.25, 0.3) is 0 Å². The van der Waals surface area contributed by atoms with Crippen LogP contribution in [0.2, 0.25) is 0 Å². The van der Waals surface area contributed by atoms with E-state index in [9.17, 15) is 8.42 Å². The second kappa shape index (κ2) is 5.66. The largest absolute Gasteiger partial charge is 0.228 e.